The Morgan fingerprint density at radius 2 is 1.52 bits per heavy atom. The lowest BCUT2D eigenvalue weighted by Crippen LogP contribution is -2.11. The molecule has 0 fully saturated rings. The zero-order valence-electron chi connectivity index (χ0n) is 13.4. The second kappa shape index (κ2) is 6.26. The third-order valence-electron chi connectivity index (χ3n) is 3.95. The van der Waals surface area contributed by atoms with E-state index >= 15 is 0 Å². The van der Waals surface area contributed by atoms with Crippen molar-refractivity contribution in [3.63, 3.8) is 0 Å². The summed E-state index contributed by atoms with van der Waals surface area (Å²) in [6.45, 7) is 8.69. The van der Waals surface area contributed by atoms with Crippen molar-refractivity contribution >= 4 is 6.29 Å². The largest absolute Gasteiger partial charge is 0.303 e. The summed E-state index contributed by atoms with van der Waals surface area (Å²) in [6, 6.07) is 16.9. The Morgan fingerprint density at radius 3 is 2.00 bits per heavy atom. The Balaban J connectivity index is 2.15. The van der Waals surface area contributed by atoms with Gasteiger partial charge in [-0.25, -0.2) is 0 Å². The van der Waals surface area contributed by atoms with Crippen LogP contribution in [-0.2, 0) is 16.6 Å². The molecule has 0 aliphatic carbocycles. The Kier molecular flexibility index (Phi) is 4.62. The van der Waals surface area contributed by atoms with Crippen LogP contribution in [0.5, 0.6) is 0 Å². The van der Waals surface area contributed by atoms with Gasteiger partial charge in [-0.05, 0) is 35.4 Å². The molecular formula is C20H24O. The molecule has 0 spiro atoms. The molecule has 0 saturated heterocycles. The molecular weight excluding hydrogens is 256 g/mol. The van der Waals surface area contributed by atoms with E-state index in [9.17, 15) is 4.79 Å². The lowest BCUT2D eigenvalue weighted by Gasteiger charge is -2.19. The van der Waals surface area contributed by atoms with Gasteiger partial charge in [0, 0.05) is 5.92 Å². The number of carbonyl (C=O) groups excluding carboxylic acids is 1. The average molecular weight is 280 g/mol. The predicted molar refractivity (Wildman–Crippen MR) is 88.8 cm³/mol. The van der Waals surface area contributed by atoms with Crippen LogP contribution in [0.3, 0.4) is 0 Å². The Morgan fingerprint density at radius 1 is 0.952 bits per heavy atom. The molecule has 0 saturated carbocycles. The molecule has 110 valence electrons. The molecule has 0 amide bonds. The molecule has 0 aliphatic rings. The highest BCUT2D eigenvalue weighted by Crippen LogP contribution is 2.24. The van der Waals surface area contributed by atoms with Crippen LogP contribution in [0.15, 0.2) is 48.5 Å². The van der Waals surface area contributed by atoms with Crippen molar-refractivity contribution in [1.29, 1.82) is 0 Å². The maximum absolute atomic E-state index is 11.4. The highest BCUT2D eigenvalue weighted by atomic mass is 16.1. The molecule has 2 aromatic rings. The van der Waals surface area contributed by atoms with E-state index in [0.717, 1.165) is 18.3 Å². The molecule has 2 aromatic carbocycles. The number of aryl methyl sites for hydroxylation is 1. The van der Waals surface area contributed by atoms with Crippen LogP contribution < -0.4 is 0 Å². The first-order chi connectivity index (χ1) is 9.90. The molecule has 1 heteroatoms. The quantitative estimate of drug-likeness (QED) is 0.734. The second-order valence-electron chi connectivity index (χ2n) is 6.80. The fourth-order valence-corrected chi connectivity index (χ4v) is 2.45. The van der Waals surface area contributed by atoms with Crippen molar-refractivity contribution in [1.82, 2.24) is 0 Å². The summed E-state index contributed by atoms with van der Waals surface area (Å²) in [6.07, 6.45) is 1.82. The van der Waals surface area contributed by atoms with E-state index in [-0.39, 0.29) is 11.3 Å². The number of benzene rings is 2. The minimum absolute atomic E-state index is 0.0638. The van der Waals surface area contributed by atoms with Gasteiger partial charge in [0.25, 0.3) is 0 Å². The lowest BCUT2D eigenvalue weighted by molar-refractivity contribution is -0.109. The lowest BCUT2D eigenvalue weighted by atomic mass is 9.85. The van der Waals surface area contributed by atoms with Gasteiger partial charge in [-0.2, -0.15) is 0 Å². The molecule has 0 aliphatic heterocycles. The summed E-state index contributed by atoms with van der Waals surface area (Å²) >= 11 is 0. The molecule has 1 nitrogen and oxygen atoms in total. The van der Waals surface area contributed by atoms with Crippen molar-refractivity contribution in [2.24, 2.45) is 0 Å². The molecule has 21 heavy (non-hydrogen) atoms. The van der Waals surface area contributed by atoms with E-state index in [0.29, 0.717) is 0 Å². The average Bonchev–Trinajstić information content (AvgIpc) is 2.45. The van der Waals surface area contributed by atoms with Gasteiger partial charge in [0.15, 0.2) is 0 Å². The second-order valence-corrected chi connectivity index (χ2v) is 6.80. The van der Waals surface area contributed by atoms with Gasteiger partial charge in [0.1, 0.15) is 6.29 Å². The highest BCUT2D eigenvalue weighted by molar-refractivity contribution is 5.63. The van der Waals surface area contributed by atoms with Crippen LogP contribution in [0, 0.1) is 6.92 Å². The number of rotatable bonds is 4. The maximum atomic E-state index is 11.4. The third-order valence-corrected chi connectivity index (χ3v) is 3.95. The molecule has 2 rings (SSSR count). The first-order valence-electron chi connectivity index (χ1n) is 7.51. The highest BCUT2D eigenvalue weighted by Gasteiger charge is 2.15. The van der Waals surface area contributed by atoms with E-state index in [4.69, 9.17) is 0 Å². The number of aldehydes is 1. The van der Waals surface area contributed by atoms with E-state index in [2.05, 4.69) is 76.2 Å². The van der Waals surface area contributed by atoms with Gasteiger partial charge in [0.05, 0.1) is 0 Å². The fraction of sp³-hybridized carbons (Fsp3) is 0.350. The Labute approximate surface area is 128 Å². The van der Waals surface area contributed by atoms with Crippen molar-refractivity contribution in [3.05, 3.63) is 70.8 Å². The molecule has 0 bridgehead atoms. The van der Waals surface area contributed by atoms with Gasteiger partial charge in [-0.15, -0.1) is 0 Å². The predicted octanol–water partition coefficient (Wildman–Crippen LogP) is 4.82. The SMILES string of the molecule is Cc1ccc(C(C=O)Cc2ccc(C(C)(C)C)cc2)cc1. The van der Waals surface area contributed by atoms with Gasteiger partial charge in [-0.1, -0.05) is 74.9 Å². The van der Waals surface area contributed by atoms with Gasteiger partial charge >= 0.3 is 0 Å². The molecule has 0 radical (unpaired) electrons. The third kappa shape index (κ3) is 4.04. The monoisotopic (exact) mass is 280 g/mol. The van der Waals surface area contributed by atoms with E-state index < -0.39 is 0 Å². The van der Waals surface area contributed by atoms with Gasteiger partial charge < -0.3 is 4.79 Å². The molecule has 1 unspecified atom stereocenters. The van der Waals surface area contributed by atoms with Crippen LogP contribution in [0.4, 0.5) is 0 Å². The van der Waals surface area contributed by atoms with Crippen molar-refractivity contribution in [3.8, 4) is 0 Å². The number of hydrogen-bond acceptors (Lipinski definition) is 1. The van der Waals surface area contributed by atoms with E-state index in [1.54, 1.807) is 0 Å². The van der Waals surface area contributed by atoms with Crippen LogP contribution >= 0.6 is 0 Å². The Bertz CT molecular complexity index is 585. The summed E-state index contributed by atoms with van der Waals surface area (Å²) < 4.78 is 0. The van der Waals surface area contributed by atoms with Gasteiger partial charge in [-0.3, -0.25) is 0 Å². The minimum atomic E-state index is -0.0638. The maximum Gasteiger partial charge on any atom is 0.127 e. The molecule has 0 heterocycles. The van der Waals surface area contributed by atoms with Crippen LogP contribution in [-0.4, -0.2) is 6.29 Å². The molecule has 1 atom stereocenters. The molecule has 0 aromatic heterocycles. The topological polar surface area (TPSA) is 17.1 Å². The van der Waals surface area contributed by atoms with Gasteiger partial charge in [0.2, 0.25) is 0 Å². The summed E-state index contributed by atoms with van der Waals surface area (Å²) in [7, 11) is 0. The molecule has 0 N–H and O–H groups in total. The standard InChI is InChI=1S/C20H24O/c1-15-5-9-17(10-6-15)18(14-21)13-16-7-11-19(12-8-16)20(2,3)4/h5-12,14,18H,13H2,1-4H3. The summed E-state index contributed by atoms with van der Waals surface area (Å²) in [5.41, 5.74) is 5.01. The van der Waals surface area contributed by atoms with Crippen LogP contribution in [0.25, 0.3) is 0 Å². The Hall–Kier alpha value is -1.89. The van der Waals surface area contributed by atoms with Crippen molar-refractivity contribution < 1.29 is 4.79 Å². The number of hydrogen-bond donors (Lipinski definition) is 0. The summed E-state index contributed by atoms with van der Waals surface area (Å²) in [4.78, 5) is 11.4. The smallest absolute Gasteiger partial charge is 0.127 e. The zero-order chi connectivity index (χ0) is 15.5. The summed E-state index contributed by atoms with van der Waals surface area (Å²) in [5, 5.41) is 0. The van der Waals surface area contributed by atoms with Crippen molar-refractivity contribution in [2.75, 3.05) is 0 Å². The normalized spacial score (nSPS) is 13.0. The number of carbonyl (C=O) groups is 1. The zero-order valence-corrected chi connectivity index (χ0v) is 13.4. The van der Waals surface area contributed by atoms with Crippen LogP contribution in [0.1, 0.15) is 48.9 Å². The fourth-order valence-electron chi connectivity index (χ4n) is 2.45. The van der Waals surface area contributed by atoms with E-state index in [1.807, 2.05) is 0 Å². The summed E-state index contributed by atoms with van der Waals surface area (Å²) in [5.74, 6) is -0.0638. The van der Waals surface area contributed by atoms with Crippen LogP contribution in [0.2, 0.25) is 0 Å². The first kappa shape index (κ1) is 15.5. The van der Waals surface area contributed by atoms with Crippen molar-refractivity contribution in [2.45, 2.75) is 45.4 Å². The van der Waals surface area contributed by atoms with E-state index in [1.165, 1.54) is 16.7 Å². The first-order valence-corrected chi connectivity index (χ1v) is 7.51. The minimum Gasteiger partial charge on any atom is -0.303 e.